The number of carbonyl (C=O) groups excluding carboxylic acids is 1. The van der Waals surface area contributed by atoms with E-state index in [0.29, 0.717) is 22.7 Å². The van der Waals surface area contributed by atoms with Gasteiger partial charge in [0.15, 0.2) is 5.16 Å². The van der Waals surface area contributed by atoms with E-state index in [2.05, 4.69) is 20.0 Å². The van der Waals surface area contributed by atoms with Gasteiger partial charge in [-0.05, 0) is 6.26 Å². The Morgan fingerprint density at radius 3 is 3.00 bits per heavy atom. The van der Waals surface area contributed by atoms with Crippen molar-refractivity contribution in [3.05, 3.63) is 11.2 Å². The van der Waals surface area contributed by atoms with Gasteiger partial charge in [-0.3, -0.25) is 4.79 Å². The maximum Gasteiger partial charge on any atom is 0.307 e. The van der Waals surface area contributed by atoms with Gasteiger partial charge in [-0.1, -0.05) is 23.4 Å². The number of halogens is 1. The molecule has 16 heavy (non-hydrogen) atoms. The molecule has 0 unspecified atom stereocenters. The summed E-state index contributed by atoms with van der Waals surface area (Å²) in [6.45, 7) is 0.452. The van der Waals surface area contributed by atoms with Crippen molar-refractivity contribution < 1.29 is 9.53 Å². The Morgan fingerprint density at radius 1 is 1.62 bits per heavy atom. The molecule has 0 aromatic carbocycles. The zero-order valence-corrected chi connectivity index (χ0v) is 10.6. The van der Waals surface area contributed by atoms with Gasteiger partial charge in [-0.15, -0.1) is 0 Å². The quantitative estimate of drug-likeness (QED) is 0.378. The number of hydrogen-bond acceptors (Lipinski definition) is 6. The Morgan fingerprint density at radius 2 is 2.38 bits per heavy atom. The second-order valence-electron chi connectivity index (χ2n) is 2.82. The van der Waals surface area contributed by atoms with E-state index in [9.17, 15) is 4.79 Å². The number of carbonyl (C=O) groups is 1. The molecule has 0 fully saturated rings. The fraction of sp³-hybridized carbons (Fsp3) is 0.444. The SMILES string of the molecule is COC(=O)CCNc1cc(Cl)nc(SC)n1. The number of nitrogens with zero attached hydrogens (tertiary/aromatic N) is 2. The van der Waals surface area contributed by atoms with Gasteiger partial charge >= 0.3 is 5.97 Å². The van der Waals surface area contributed by atoms with E-state index >= 15 is 0 Å². The lowest BCUT2D eigenvalue weighted by atomic mass is 10.4. The van der Waals surface area contributed by atoms with E-state index in [-0.39, 0.29) is 12.4 Å². The van der Waals surface area contributed by atoms with Gasteiger partial charge < -0.3 is 10.1 Å². The van der Waals surface area contributed by atoms with Gasteiger partial charge in [0.1, 0.15) is 11.0 Å². The minimum atomic E-state index is -0.266. The van der Waals surface area contributed by atoms with Crippen LogP contribution in [0.5, 0.6) is 0 Å². The van der Waals surface area contributed by atoms with E-state index in [1.54, 1.807) is 6.07 Å². The maximum absolute atomic E-state index is 10.9. The standard InChI is InChI=1S/C9H12ClN3O2S/c1-15-8(14)3-4-11-7-5-6(10)12-9(13-7)16-2/h5H,3-4H2,1-2H3,(H,11,12,13). The third-order valence-corrected chi connectivity index (χ3v) is 2.46. The Balaban J connectivity index is 2.53. The van der Waals surface area contributed by atoms with Crippen LogP contribution in [0.25, 0.3) is 0 Å². The van der Waals surface area contributed by atoms with Gasteiger partial charge in [0.25, 0.3) is 0 Å². The average Bonchev–Trinajstić information content (AvgIpc) is 2.28. The minimum Gasteiger partial charge on any atom is -0.469 e. The van der Waals surface area contributed by atoms with Crippen LogP contribution in [-0.4, -0.2) is 35.8 Å². The Hall–Kier alpha value is -1.01. The van der Waals surface area contributed by atoms with Crippen LogP contribution < -0.4 is 5.32 Å². The summed E-state index contributed by atoms with van der Waals surface area (Å²) in [6, 6.07) is 1.61. The molecule has 0 saturated carbocycles. The zero-order chi connectivity index (χ0) is 12.0. The van der Waals surface area contributed by atoms with Gasteiger partial charge in [0.05, 0.1) is 13.5 Å². The van der Waals surface area contributed by atoms with Crippen molar-refractivity contribution in [3.8, 4) is 0 Å². The van der Waals surface area contributed by atoms with Gasteiger partial charge in [0.2, 0.25) is 0 Å². The first-order valence-electron chi connectivity index (χ1n) is 4.55. The molecule has 88 valence electrons. The molecule has 0 aliphatic heterocycles. The summed E-state index contributed by atoms with van der Waals surface area (Å²) in [6.07, 6.45) is 2.15. The molecule has 0 atom stereocenters. The highest BCUT2D eigenvalue weighted by molar-refractivity contribution is 7.98. The van der Waals surface area contributed by atoms with Crippen LogP contribution in [0, 0.1) is 0 Å². The molecule has 1 rings (SSSR count). The summed E-state index contributed by atoms with van der Waals surface area (Å²) < 4.78 is 4.51. The lowest BCUT2D eigenvalue weighted by molar-refractivity contribution is -0.140. The van der Waals surface area contributed by atoms with Crippen molar-refractivity contribution in [3.63, 3.8) is 0 Å². The molecular formula is C9H12ClN3O2S. The summed E-state index contributed by atoms with van der Waals surface area (Å²) in [4.78, 5) is 19.0. The summed E-state index contributed by atoms with van der Waals surface area (Å²) >= 11 is 7.20. The molecule has 0 aliphatic carbocycles. The van der Waals surface area contributed by atoms with E-state index in [1.807, 2.05) is 6.26 Å². The molecule has 1 aromatic heterocycles. The van der Waals surface area contributed by atoms with Gasteiger partial charge in [0, 0.05) is 12.6 Å². The molecule has 0 amide bonds. The normalized spacial score (nSPS) is 9.94. The second-order valence-corrected chi connectivity index (χ2v) is 3.98. The van der Waals surface area contributed by atoms with Crippen LogP contribution >= 0.6 is 23.4 Å². The van der Waals surface area contributed by atoms with Crippen LogP contribution in [0.4, 0.5) is 5.82 Å². The first-order valence-corrected chi connectivity index (χ1v) is 6.15. The molecule has 7 heteroatoms. The summed E-state index contributed by atoms with van der Waals surface area (Å²) in [5.74, 6) is 0.339. The monoisotopic (exact) mass is 261 g/mol. The maximum atomic E-state index is 10.9. The molecule has 0 spiro atoms. The molecule has 0 aliphatic rings. The topological polar surface area (TPSA) is 64.1 Å². The summed E-state index contributed by atoms with van der Waals surface area (Å²) in [7, 11) is 1.36. The van der Waals surface area contributed by atoms with E-state index in [1.165, 1.54) is 18.9 Å². The predicted molar refractivity (Wildman–Crippen MR) is 63.9 cm³/mol. The molecule has 0 saturated heterocycles. The first-order chi connectivity index (χ1) is 7.65. The summed E-state index contributed by atoms with van der Waals surface area (Å²) in [5, 5.41) is 3.94. The van der Waals surface area contributed by atoms with Crippen LogP contribution in [0.1, 0.15) is 6.42 Å². The van der Waals surface area contributed by atoms with Crippen molar-refractivity contribution in [1.29, 1.82) is 0 Å². The number of methoxy groups -OCH3 is 1. The molecule has 1 N–H and O–H groups in total. The number of anilines is 1. The number of ether oxygens (including phenoxy) is 1. The van der Waals surface area contributed by atoms with E-state index in [4.69, 9.17) is 11.6 Å². The van der Waals surface area contributed by atoms with Crippen molar-refractivity contribution in [2.24, 2.45) is 0 Å². The van der Waals surface area contributed by atoms with Gasteiger partial charge in [-0.25, -0.2) is 9.97 Å². The third-order valence-electron chi connectivity index (χ3n) is 1.72. The Bertz CT molecular complexity index is 376. The molecule has 0 radical (unpaired) electrons. The number of hydrogen-bond donors (Lipinski definition) is 1. The molecule has 5 nitrogen and oxygen atoms in total. The highest BCUT2D eigenvalue weighted by Crippen LogP contribution is 2.16. The van der Waals surface area contributed by atoms with E-state index < -0.39 is 0 Å². The largest absolute Gasteiger partial charge is 0.469 e. The molecule has 1 aromatic rings. The minimum absolute atomic E-state index is 0.266. The second kappa shape index (κ2) is 6.55. The number of esters is 1. The van der Waals surface area contributed by atoms with Crippen LogP contribution in [0.15, 0.2) is 11.2 Å². The van der Waals surface area contributed by atoms with Gasteiger partial charge in [-0.2, -0.15) is 0 Å². The number of thioether (sulfide) groups is 1. The smallest absolute Gasteiger partial charge is 0.307 e. The zero-order valence-electron chi connectivity index (χ0n) is 8.99. The fourth-order valence-corrected chi connectivity index (χ4v) is 1.59. The molecule has 0 bridgehead atoms. The van der Waals surface area contributed by atoms with Crippen LogP contribution in [0.2, 0.25) is 5.15 Å². The Kier molecular flexibility index (Phi) is 5.34. The Labute approximate surface area is 103 Å². The summed E-state index contributed by atoms with van der Waals surface area (Å²) in [5.41, 5.74) is 0. The highest BCUT2D eigenvalue weighted by atomic mass is 35.5. The molecule has 1 heterocycles. The first kappa shape index (κ1) is 13.1. The third kappa shape index (κ3) is 4.24. The molecular weight excluding hydrogens is 250 g/mol. The fourth-order valence-electron chi connectivity index (χ4n) is 0.973. The van der Waals surface area contributed by atoms with E-state index in [0.717, 1.165) is 0 Å². The highest BCUT2D eigenvalue weighted by Gasteiger charge is 2.03. The average molecular weight is 262 g/mol. The number of rotatable bonds is 5. The van der Waals surface area contributed by atoms with Crippen molar-refractivity contribution in [2.75, 3.05) is 25.2 Å². The number of aromatic nitrogens is 2. The predicted octanol–water partition coefficient (Wildman–Crippen LogP) is 1.83. The van der Waals surface area contributed by atoms with Crippen LogP contribution in [-0.2, 0) is 9.53 Å². The van der Waals surface area contributed by atoms with Crippen molar-refractivity contribution >= 4 is 35.1 Å². The van der Waals surface area contributed by atoms with Crippen molar-refractivity contribution in [2.45, 2.75) is 11.6 Å². The lowest BCUT2D eigenvalue weighted by Crippen LogP contribution is -2.10. The van der Waals surface area contributed by atoms with Crippen molar-refractivity contribution in [1.82, 2.24) is 9.97 Å². The van der Waals surface area contributed by atoms with Crippen LogP contribution in [0.3, 0.4) is 0 Å². The lowest BCUT2D eigenvalue weighted by Gasteiger charge is -2.05. The number of nitrogens with one attached hydrogen (secondary N) is 1.